The predicted molar refractivity (Wildman–Crippen MR) is 87.5 cm³/mol. The maximum absolute atomic E-state index is 12.3. The van der Waals surface area contributed by atoms with E-state index >= 15 is 0 Å². The van der Waals surface area contributed by atoms with Crippen molar-refractivity contribution in [1.82, 2.24) is 19.7 Å². The molecule has 0 saturated carbocycles. The van der Waals surface area contributed by atoms with Gasteiger partial charge >= 0.3 is 0 Å². The summed E-state index contributed by atoms with van der Waals surface area (Å²) in [5, 5.41) is 7.79. The first-order chi connectivity index (χ1) is 11.1. The molecule has 1 aromatic carbocycles. The molecular formula is C16H19N5O2. The van der Waals surface area contributed by atoms with Crippen LogP contribution in [0.25, 0.3) is 10.9 Å². The number of nitrogens with zero attached hydrogens (tertiary/aromatic N) is 3. The van der Waals surface area contributed by atoms with Gasteiger partial charge in [-0.2, -0.15) is 4.98 Å². The van der Waals surface area contributed by atoms with Gasteiger partial charge in [-0.15, -0.1) is 5.10 Å². The second-order valence-corrected chi connectivity index (χ2v) is 5.26. The number of carbonyl (C=O) groups is 1. The number of aromatic nitrogens is 4. The Morgan fingerprint density at radius 1 is 1.43 bits per heavy atom. The molecule has 0 aliphatic heterocycles. The SMILES string of the molecule is CCOc1cccc2[nH]cc(CC(=O)Nc3nc(C)n(C)n3)c12. The van der Waals surface area contributed by atoms with Gasteiger partial charge in [-0.1, -0.05) is 6.07 Å². The Bertz CT molecular complexity index is 830. The molecule has 23 heavy (non-hydrogen) atoms. The normalized spacial score (nSPS) is 10.9. The number of hydrogen-bond acceptors (Lipinski definition) is 4. The van der Waals surface area contributed by atoms with E-state index in [4.69, 9.17) is 4.74 Å². The molecule has 2 N–H and O–H groups in total. The third kappa shape index (κ3) is 3.03. The van der Waals surface area contributed by atoms with Gasteiger partial charge in [0.2, 0.25) is 11.9 Å². The highest BCUT2D eigenvalue weighted by molar-refractivity contribution is 5.96. The maximum atomic E-state index is 12.3. The monoisotopic (exact) mass is 313 g/mol. The lowest BCUT2D eigenvalue weighted by Crippen LogP contribution is -2.15. The minimum Gasteiger partial charge on any atom is -0.493 e. The molecule has 3 aromatic rings. The lowest BCUT2D eigenvalue weighted by molar-refractivity contribution is -0.115. The Balaban J connectivity index is 1.82. The number of nitrogens with one attached hydrogen (secondary N) is 2. The van der Waals surface area contributed by atoms with Crippen LogP contribution in [0.1, 0.15) is 18.3 Å². The summed E-state index contributed by atoms with van der Waals surface area (Å²) < 4.78 is 7.28. The lowest BCUT2D eigenvalue weighted by atomic mass is 10.1. The smallest absolute Gasteiger partial charge is 0.248 e. The summed E-state index contributed by atoms with van der Waals surface area (Å²) in [5.74, 6) is 1.68. The first-order valence-corrected chi connectivity index (χ1v) is 7.47. The van der Waals surface area contributed by atoms with Gasteiger partial charge in [-0.3, -0.25) is 14.8 Å². The van der Waals surface area contributed by atoms with Crippen LogP contribution >= 0.6 is 0 Å². The Morgan fingerprint density at radius 3 is 2.96 bits per heavy atom. The van der Waals surface area contributed by atoms with E-state index in [9.17, 15) is 4.79 Å². The van der Waals surface area contributed by atoms with Crippen LogP contribution in [0.5, 0.6) is 5.75 Å². The fourth-order valence-corrected chi connectivity index (χ4v) is 2.49. The molecule has 0 saturated heterocycles. The van der Waals surface area contributed by atoms with E-state index in [2.05, 4.69) is 20.4 Å². The molecule has 0 bridgehead atoms. The van der Waals surface area contributed by atoms with Crippen LogP contribution in [-0.4, -0.2) is 32.3 Å². The summed E-state index contributed by atoms with van der Waals surface area (Å²) in [7, 11) is 1.78. The number of anilines is 1. The van der Waals surface area contributed by atoms with Gasteiger partial charge < -0.3 is 9.72 Å². The molecule has 0 atom stereocenters. The summed E-state index contributed by atoms with van der Waals surface area (Å²) in [6.45, 7) is 4.34. The van der Waals surface area contributed by atoms with Crippen LogP contribution in [0, 0.1) is 6.92 Å². The van der Waals surface area contributed by atoms with Gasteiger partial charge in [0, 0.05) is 24.1 Å². The Hall–Kier alpha value is -2.83. The van der Waals surface area contributed by atoms with E-state index in [0.29, 0.717) is 12.6 Å². The summed E-state index contributed by atoms with van der Waals surface area (Å²) in [5.41, 5.74) is 1.83. The minimum atomic E-state index is -0.164. The number of hydrogen-bond donors (Lipinski definition) is 2. The van der Waals surface area contributed by atoms with E-state index in [0.717, 1.165) is 28.0 Å². The number of aromatic amines is 1. The van der Waals surface area contributed by atoms with Crippen molar-refractivity contribution in [3.05, 3.63) is 35.8 Å². The van der Waals surface area contributed by atoms with Crippen LogP contribution in [0.15, 0.2) is 24.4 Å². The van der Waals surface area contributed by atoms with Crippen LogP contribution < -0.4 is 10.1 Å². The zero-order valence-electron chi connectivity index (χ0n) is 13.4. The van der Waals surface area contributed by atoms with Crippen molar-refractivity contribution in [3.63, 3.8) is 0 Å². The zero-order valence-corrected chi connectivity index (χ0v) is 13.4. The summed E-state index contributed by atoms with van der Waals surface area (Å²) >= 11 is 0. The highest BCUT2D eigenvalue weighted by Gasteiger charge is 2.14. The molecule has 7 heteroatoms. The van der Waals surface area contributed by atoms with Crippen molar-refractivity contribution in [2.75, 3.05) is 11.9 Å². The number of benzene rings is 1. The van der Waals surface area contributed by atoms with Crippen molar-refractivity contribution < 1.29 is 9.53 Å². The minimum absolute atomic E-state index is 0.164. The summed E-state index contributed by atoms with van der Waals surface area (Å²) in [6, 6.07) is 5.79. The van der Waals surface area contributed by atoms with Crippen LogP contribution in [0.2, 0.25) is 0 Å². The molecular weight excluding hydrogens is 294 g/mol. The average Bonchev–Trinajstić information content (AvgIpc) is 3.04. The van der Waals surface area contributed by atoms with E-state index < -0.39 is 0 Å². The van der Waals surface area contributed by atoms with Gasteiger partial charge in [0.15, 0.2) is 0 Å². The molecule has 0 spiro atoms. The molecule has 0 aliphatic carbocycles. The van der Waals surface area contributed by atoms with Crippen LogP contribution in [-0.2, 0) is 18.3 Å². The second kappa shape index (κ2) is 6.12. The van der Waals surface area contributed by atoms with E-state index in [-0.39, 0.29) is 12.3 Å². The van der Waals surface area contributed by atoms with Gasteiger partial charge in [0.25, 0.3) is 0 Å². The van der Waals surface area contributed by atoms with Gasteiger partial charge in [-0.05, 0) is 31.5 Å². The fourth-order valence-electron chi connectivity index (χ4n) is 2.49. The van der Waals surface area contributed by atoms with Crippen molar-refractivity contribution >= 4 is 22.8 Å². The zero-order chi connectivity index (χ0) is 16.4. The highest BCUT2D eigenvalue weighted by Crippen LogP contribution is 2.29. The standard InChI is InChI=1S/C16H19N5O2/c1-4-23-13-7-5-6-12-15(13)11(9-17-12)8-14(22)19-16-18-10(2)21(3)20-16/h5-7,9,17H,4,8H2,1-3H3,(H,19,20,22). The van der Waals surface area contributed by atoms with Crippen LogP contribution in [0.4, 0.5) is 5.95 Å². The van der Waals surface area contributed by atoms with Crippen LogP contribution in [0.3, 0.4) is 0 Å². The topological polar surface area (TPSA) is 84.8 Å². The largest absolute Gasteiger partial charge is 0.493 e. The molecule has 2 heterocycles. The van der Waals surface area contributed by atoms with Crippen molar-refractivity contribution in [3.8, 4) is 5.75 Å². The number of fused-ring (bicyclic) bond motifs is 1. The van der Waals surface area contributed by atoms with Crippen molar-refractivity contribution in [2.45, 2.75) is 20.3 Å². The number of aryl methyl sites for hydroxylation is 2. The fraction of sp³-hybridized carbons (Fsp3) is 0.312. The summed E-state index contributed by atoms with van der Waals surface area (Å²) in [6.07, 6.45) is 2.06. The third-order valence-corrected chi connectivity index (χ3v) is 3.63. The number of ether oxygens (including phenoxy) is 1. The molecule has 7 nitrogen and oxygen atoms in total. The Morgan fingerprint density at radius 2 is 2.26 bits per heavy atom. The van der Waals surface area contributed by atoms with Crippen molar-refractivity contribution in [2.24, 2.45) is 7.05 Å². The van der Waals surface area contributed by atoms with E-state index in [1.54, 1.807) is 11.7 Å². The number of carbonyl (C=O) groups excluding carboxylic acids is 1. The second-order valence-electron chi connectivity index (χ2n) is 5.26. The maximum Gasteiger partial charge on any atom is 0.248 e. The molecule has 3 rings (SSSR count). The molecule has 0 aliphatic rings. The van der Waals surface area contributed by atoms with Gasteiger partial charge in [0.05, 0.1) is 13.0 Å². The van der Waals surface area contributed by atoms with Gasteiger partial charge in [0.1, 0.15) is 11.6 Å². The van der Waals surface area contributed by atoms with E-state index in [1.165, 1.54) is 0 Å². The number of H-pyrrole nitrogens is 1. The molecule has 0 fully saturated rings. The van der Waals surface area contributed by atoms with Crippen molar-refractivity contribution in [1.29, 1.82) is 0 Å². The first kappa shape index (κ1) is 15.1. The number of rotatable bonds is 5. The molecule has 0 radical (unpaired) electrons. The Labute approximate surface area is 133 Å². The Kier molecular flexibility index (Phi) is 4.01. The lowest BCUT2D eigenvalue weighted by Gasteiger charge is -2.06. The quantitative estimate of drug-likeness (QED) is 0.756. The predicted octanol–water partition coefficient (Wildman–Crippen LogP) is 2.18. The molecule has 2 aromatic heterocycles. The van der Waals surface area contributed by atoms with E-state index in [1.807, 2.05) is 38.2 Å². The number of amides is 1. The first-order valence-electron chi connectivity index (χ1n) is 7.47. The molecule has 120 valence electrons. The highest BCUT2D eigenvalue weighted by atomic mass is 16.5. The summed E-state index contributed by atoms with van der Waals surface area (Å²) in [4.78, 5) is 19.6. The third-order valence-electron chi connectivity index (χ3n) is 3.63. The molecule has 0 unspecified atom stereocenters. The molecule has 1 amide bonds. The average molecular weight is 313 g/mol. The van der Waals surface area contributed by atoms with Gasteiger partial charge in [-0.25, -0.2) is 0 Å².